The van der Waals surface area contributed by atoms with E-state index in [0.717, 1.165) is 25.7 Å². The van der Waals surface area contributed by atoms with Gasteiger partial charge in [0.25, 0.3) is 11.8 Å². The van der Waals surface area contributed by atoms with Crippen LogP contribution in [-0.2, 0) is 4.84 Å². The first-order valence-corrected chi connectivity index (χ1v) is 12.3. The Kier molecular flexibility index (Phi) is 8.57. The van der Waals surface area contributed by atoms with E-state index in [1.807, 2.05) is 0 Å². The Bertz CT molecular complexity index is 1290. The minimum absolute atomic E-state index is 0.0414. The lowest BCUT2D eigenvalue weighted by atomic mass is 9.91. The Labute approximate surface area is 220 Å². The maximum Gasteiger partial charge on any atom is 0.274 e. The fourth-order valence-electron chi connectivity index (χ4n) is 4.15. The lowest BCUT2D eigenvalue weighted by Gasteiger charge is -2.26. The molecule has 0 heterocycles. The Balaban J connectivity index is 1.56. The smallest absolute Gasteiger partial charge is 0.274 e. The highest BCUT2D eigenvalue weighted by Gasteiger charge is 2.21. The quantitative estimate of drug-likeness (QED) is 0.164. The summed E-state index contributed by atoms with van der Waals surface area (Å²) >= 11 is 0. The molecule has 1 aliphatic carbocycles. The average molecular weight is 518 g/mol. The first kappa shape index (κ1) is 26.6. The topological polar surface area (TPSA) is 162 Å². The van der Waals surface area contributed by atoms with Crippen LogP contribution in [0.5, 0.6) is 23.0 Å². The Morgan fingerprint density at radius 3 is 1.79 bits per heavy atom. The Hall–Kier alpha value is -4.41. The molecule has 0 saturated heterocycles. The van der Waals surface area contributed by atoms with E-state index in [-0.39, 0.29) is 29.7 Å². The van der Waals surface area contributed by atoms with E-state index in [0.29, 0.717) is 39.7 Å². The number of hydrogen-bond donors (Lipinski definition) is 5. The molecular formula is C28H31N5O5. The monoisotopic (exact) mass is 517 g/mol. The summed E-state index contributed by atoms with van der Waals surface area (Å²) in [7, 11) is 1.36. The number of nitrogens with two attached hydrogens (primary N) is 2. The first-order chi connectivity index (χ1) is 18.3. The molecule has 2 amide bonds. The summed E-state index contributed by atoms with van der Waals surface area (Å²) in [6.45, 7) is 0. The SMILES string of the molecule is CONC(=O)c1ccc(Oc2cc(Oc3ccc(C(=N)N)cc3)cc(C(=O)NC3CCC(N)CC3)c2)cc1. The second-order valence-corrected chi connectivity index (χ2v) is 9.08. The molecule has 4 rings (SSSR count). The molecule has 3 aromatic carbocycles. The van der Waals surface area contributed by atoms with Crippen molar-refractivity contribution in [1.29, 1.82) is 5.41 Å². The van der Waals surface area contributed by atoms with Crippen molar-refractivity contribution in [1.82, 2.24) is 10.8 Å². The molecule has 7 N–H and O–H groups in total. The molecule has 198 valence electrons. The lowest BCUT2D eigenvalue weighted by molar-refractivity contribution is 0.0537. The summed E-state index contributed by atoms with van der Waals surface area (Å²) in [5.41, 5.74) is 15.1. The van der Waals surface area contributed by atoms with Crippen molar-refractivity contribution < 1.29 is 23.9 Å². The van der Waals surface area contributed by atoms with Gasteiger partial charge in [-0.05, 0) is 86.3 Å². The molecule has 0 aromatic heterocycles. The van der Waals surface area contributed by atoms with E-state index >= 15 is 0 Å². The van der Waals surface area contributed by atoms with Gasteiger partial charge >= 0.3 is 0 Å². The van der Waals surface area contributed by atoms with Gasteiger partial charge in [-0.25, -0.2) is 5.48 Å². The van der Waals surface area contributed by atoms with E-state index in [4.69, 9.17) is 26.4 Å². The highest BCUT2D eigenvalue weighted by Crippen LogP contribution is 2.31. The Morgan fingerprint density at radius 1 is 0.763 bits per heavy atom. The number of rotatable bonds is 9. The minimum Gasteiger partial charge on any atom is -0.457 e. The van der Waals surface area contributed by atoms with Crippen LogP contribution in [0.25, 0.3) is 0 Å². The third-order valence-electron chi connectivity index (χ3n) is 6.20. The van der Waals surface area contributed by atoms with Crippen LogP contribution in [0, 0.1) is 5.41 Å². The molecular weight excluding hydrogens is 486 g/mol. The zero-order valence-electron chi connectivity index (χ0n) is 21.0. The van der Waals surface area contributed by atoms with Crippen molar-refractivity contribution in [2.24, 2.45) is 11.5 Å². The molecule has 1 saturated carbocycles. The van der Waals surface area contributed by atoms with Gasteiger partial charge in [0.05, 0.1) is 7.11 Å². The van der Waals surface area contributed by atoms with E-state index in [9.17, 15) is 9.59 Å². The molecule has 0 spiro atoms. The van der Waals surface area contributed by atoms with E-state index in [2.05, 4.69) is 15.6 Å². The second kappa shape index (κ2) is 12.2. The fraction of sp³-hybridized carbons (Fsp3) is 0.250. The van der Waals surface area contributed by atoms with Crippen LogP contribution >= 0.6 is 0 Å². The number of carbonyl (C=O) groups is 2. The van der Waals surface area contributed by atoms with Crippen molar-refractivity contribution in [3.05, 3.63) is 83.4 Å². The van der Waals surface area contributed by atoms with Crippen molar-refractivity contribution in [2.75, 3.05) is 7.11 Å². The summed E-state index contributed by atoms with van der Waals surface area (Å²) < 4.78 is 12.0. The van der Waals surface area contributed by atoms with Gasteiger partial charge in [-0.2, -0.15) is 0 Å². The number of nitrogens with one attached hydrogen (secondary N) is 3. The van der Waals surface area contributed by atoms with Gasteiger partial charge in [-0.15, -0.1) is 0 Å². The molecule has 0 atom stereocenters. The van der Waals surface area contributed by atoms with Crippen molar-refractivity contribution in [2.45, 2.75) is 37.8 Å². The lowest BCUT2D eigenvalue weighted by Crippen LogP contribution is -2.40. The maximum atomic E-state index is 13.2. The number of ether oxygens (including phenoxy) is 2. The van der Waals surface area contributed by atoms with Crippen molar-refractivity contribution >= 4 is 17.6 Å². The summed E-state index contributed by atoms with van der Waals surface area (Å²) in [4.78, 5) is 29.7. The largest absolute Gasteiger partial charge is 0.457 e. The molecule has 0 radical (unpaired) electrons. The highest BCUT2D eigenvalue weighted by molar-refractivity contribution is 5.96. The maximum absolute atomic E-state index is 13.2. The zero-order chi connectivity index (χ0) is 27.1. The van der Waals surface area contributed by atoms with E-state index in [1.54, 1.807) is 66.7 Å². The average Bonchev–Trinajstić information content (AvgIpc) is 2.90. The molecule has 0 bridgehead atoms. The van der Waals surface area contributed by atoms with Crippen LogP contribution in [0.3, 0.4) is 0 Å². The second-order valence-electron chi connectivity index (χ2n) is 9.08. The number of benzene rings is 3. The number of amidine groups is 1. The number of hydroxylamine groups is 1. The van der Waals surface area contributed by atoms with Crippen molar-refractivity contribution in [3.63, 3.8) is 0 Å². The van der Waals surface area contributed by atoms with E-state index in [1.165, 1.54) is 7.11 Å². The van der Waals surface area contributed by atoms with Gasteiger partial charge in [-0.1, -0.05) is 0 Å². The van der Waals surface area contributed by atoms with Crippen LogP contribution in [0.2, 0.25) is 0 Å². The van der Waals surface area contributed by atoms with Gasteiger partial charge in [0.1, 0.15) is 28.8 Å². The molecule has 1 aliphatic rings. The van der Waals surface area contributed by atoms with Gasteiger partial charge in [0.15, 0.2) is 0 Å². The fourth-order valence-corrected chi connectivity index (χ4v) is 4.15. The molecule has 38 heavy (non-hydrogen) atoms. The zero-order valence-corrected chi connectivity index (χ0v) is 21.0. The van der Waals surface area contributed by atoms with Gasteiger partial charge < -0.3 is 26.3 Å². The van der Waals surface area contributed by atoms with Crippen molar-refractivity contribution in [3.8, 4) is 23.0 Å². The summed E-state index contributed by atoms with van der Waals surface area (Å²) in [6.07, 6.45) is 3.41. The molecule has 3 aromatic rings. The molecule has 0 unspecified atom stereocenters. The summed E-state index contributed by atoms with van der Waals surface area (Å²) in [5, 5.41) is 10.6. The number of carbonyl (C=O) groups excluding carboxylic acids is 2. The van der Waals surface area contributed by atoms with Crippen LogP contribution in [0.15, 0.2) is 66.7 Å². The minimum atomic E-state index is -0.382. The van der Waals surface area contributed by atoms with E-state index < -0.39 is 0 Å². The number of nitrogen functional groups attached to an aromatic ring is 1. The van der Waals surface area contributed by atoms with Crippen LogP contribution < -0.4 is 31.7 Å². The van der Waals surface area contributed by atoms with Gasteiger partial charge in [0.2, 0.25) is 0 Å². The predicted octanol–water partition coefficient (Wildman–Crippen LogP) is 3.85. The highest BCUT2D eigenvalue weighted by atomic mass is 16.6. The summed E-state index contributed by atoms with van der Waals surface area (Å²) in [5.74, 6) is 1.09. The molecule has 10 nitrogen and oxygen atoms in total. The molecule has 0 aliphatic heterocycles. The standard InChI is InChI=1S/C28H31N5O5/c1-36-33-28(35)18-4-12-23(13-5-18)38-25-15-19(27(34)32-21-8-6-20(29)7-9-21)14-24(16-25)37-22-10-2-17(3-11-22)26(30)31/h2-5,10-16,20-21H,6-9,29H2,1H3,(H3,30,31)(H,32,34)(H,33,35). The predicted molar refractivity (Wildman–Crippen MR) is 143 cm³/mol. The van der Waals surface area contributed by atoms with Gasteiger partial charge in [0, 0.05) is 34.8 Å². The summed E-state index contributed by atoms with van der Waals surface area (Å²) in [6, 6.07) is 18.4. The first-order valence-electron chi connectivity index (χ1n) is 12.3. The number of hydrogen-bond acceptors (Lipinski definition) is 7. The van der Waals surface area contributed by atoms with Crippen LogP contribution in [-0.4, -0.2) is 36.8 Å². The van der Waals surface area contributed by atoms with Crippen LogP contribution in [0.4, 0.5) is 0 Å². The Morgan fingerprint density at radius 2 is 1.29 bits per heavy atom. The molecule has 10 heteroatoms. The third-order valence-corrected chi connectivity index (χ3v) is 6.20. The third kappa shape index (κ3) is 7.09. The number of amides is 2. The van der Waals surface area contributed by atoms with Gasteiger partial charge in [-0.3, -0.25) is 19.8 Å². The molecule has 1 fully saturated rings. The normalized spacial score (nSPS) is 16.8. The van der Waals surface area contributed by atoms with Crippen LogP contribution in [0.1, 0.15) is 52.0 Å².